The molecule has 1 amide bonds. The van der Waals surface area contributed by atoms with Gasteiger partial charge in [0.15, 0.2) is 0 Å². The fourth-order valence-corrected chi connectivity index (χ4v) is 5.76. The second kappa shape index (κ2) is 35.9. The number of nitrogens with one attached hydrogen (secondary N) is 1. The molecule has 2 atom stereocenters. The first-order valence-electron chi connectivity index (χ1n) is 19.8. The van der Waals surface area contributed by atoms with Crippen LogP contribution in [0.15, 0.2) is 36.5 Å². The van der Waals surface area contributed by atoms with Crippen LogP contribution >= 0.6 is 0 Å². The molecule has 48 heavy (non-hydrogen) atoms. The van der Waals surface area contributed by atoms with Crippen molar-refractivity contribution in [3.8, 4) is 0 Å². The number of carbonyl (C=O) groups excluding carboxylic acids is 2. The molecule has 0 radical (unpaired) electrons. The van der Waals surface area contributed by atoms with Gasteiger partial charge in [0.25, 0.3) is 0 Å². The average molecular weight is 675 g/mol. The van der Waals surface area contributed by atoms with Crippen molar-refractivity contribution in [1.29, 1.82) is 0 Å². The SMILES string of the molecule is CC/C=C\C/C=C\C/C=C\CCCCCC(=O)OC(CCCCCCCCCCC)CCCCCCCC(=O)NC(CCCN)C(=O)O. The van der Waals surface area contributed by atoms with Crippen LogP contribution in [-0.2, 0) is 19.1 Å². The molecule has 0 heterocycles. The molecule has 0 fully saturated rings. The highest BCUT2D eigenvalue weighted by molar-refractivity contribution is 5.83. The maximum absolute atomic E-state index is 12.7. The van der Waals surface area contributed by atoms with Gasteiger partial charge in [0.2, 0.25) is 5.91 Å². The van der Waals surface area contributed by atoms with E-state index in [1.807, 2.05) is 0 Å². The predicted molar refractivity (Wildman–Crippen MR) is 202 cm³/mol. The van der Waals surface area contributed by atoms with Crippen LogP contribution in [0.5, 0.6) is 0 Å². The summed E-state index contributed by atoms with van der Waals surface area (Å²) in [5.74, 6) is -1.26. The third-order valence-corrected chi connectivity index (χ3v) is 8.72. The number of allylic oxidation sites excluding steroid dienone is 6. The van der Waals surface area contributed by atoms with E-state index < -0.39 is 12.0 Å². The number of carboxylic acids is 1. The van der Waals surface area contributed by atoms with E-state index in [0.717, 1.165) is 96.3 Å². The van der Waals surface area contributed by atoms with E-state index >= 15 is 0 Å². The van der Waals surface area contributed by atoms with Crippen LogP contribution < -0.4 is 11.1 Å². The molecule has 0 aliphatic carbocycles. The lowest BCUT2D eigenvalue weighted by atomic mass is 10.0. The molecule has 7 heteroatoms. The molecule has 0 saturated carbocycles. The van der Waals surface area contributed by atoms with Gasteiger partial charge in [-0.3, -0.25) is 9.59 Å². The summed E-state index contributed by atoms with van der Waals surface area (Å²) in [4.78, 5) is 36.2. The largest absolute Gasteiger partial charge is 0.480 e. The fraction of sp³-hybridized carbons (Fsp3) is 0.780. The van der Waals surface area contributed by atoms with Crippen LogP contribution in [0.2, 0.25) is 0 Å². The van der Waals surface area contributed by atoms with Crippen molar-refractivity contribution in [3.05, 3.63) is 36.5 Å². The van der Waals surface area contributed by atoms with Crippen molar-refractivity contribution in [2.75, 3.05) is 6.54 Å². The summed E-state index contributed by atoms with van der Waals surface area (Å²) in [7, 11) is 0. The van der Waals surface area contributed by atoms with Crippen LogP contribution in [-0.4, -0.2) is 41.6 Å². The molecule has 0 bridgehead atoms. The van der Waals surface area contributed by atoms with Gasteiger partial charge < -0.3 is 20.9 Å². The van der Waals surface area contributed by atoms with Gasteiger partial charge in [0.1, 0.15) is 12.1 Å². The number of nitrogens with two attached hydrogens (primary N) is 1. The molecule has 0 aliphatic rings. The van der Waals surface area contributed by atoms with Gasteiger partial charge in [-0.15, -0.1) is 0 Å². The Hall–Kier alpha value is -2.41. The molecule has 4 N–H and O–H groups in total. The zero-order chi connectivity index (χ0) is 35.3. The number of hydrogen-bond donors (Lipinski definition) is 3. The summed E-state index contributed by atoms with van der Waals surface area (Å²) in [6, 6.07) is -0.857. The van der Waals surface area contributed by atoms with Crippen molar-refractivity contribution in [1.82, 2.24) is 5.32 Å². The van der Waals surface area contributed by atoms with Crippen LogP contribution in [0.1, 0.15) is 187 Å². The zero-order valence-electron chi connectivity index (χ0n) is 31.1. The Morgan fingerprint density at radius 1 is 0.625 bits per heavy atom. The van der Waals surface area contributed by atoms with Crippen molar-refractivity contribution in [3.63, 3.8) is 0 Å². The minimum atomic E-state index is -1.01. The molecule has 0 rings (SSSR count). The van der Waals surface area contributed by atoms with Crippen molar-refractivity contribution < 1.29 is 24.2 Å². The highest BCUT2D eigenvalue weighted by Gasteiger charge is 2.19. The Morgan fingerprint density at radius 3 is 1.73 bits per heavy atom. The van der Waals surface area contributed by atoms with E-state index in [9.17, 15) is 19.5 Å². The topological polar surface area (TPSA) is 119 Å². The van der Waals surface area contributed by atoms with Gasteiger partial charge in [-0.2, -0.15) is 0 Å². The molecule has 0 aromatic heterocycles. The van der Waals surface area contributed by atoms with E-state index in [1.54, 1.807) is 0 Å². The predicted octanol–water partition coefficient (Wildman–Crippen LogP) is 10.7. The minimum absolute atomic E-state index is 0.00255. The lowest BCUT2D eigenvalue weighted by Gasteiger charge is -2.18. The van der Waals surface area contributed by atoms with Crippen LogP contribution in [0.25, 0.3) is 0 Å². The quantitative estimate of drug-likeness (QED) is 0.0350. The number of esters is 1. The second-order valence-corrected chi connectivity index (χ2v) is 13.3. The fourth-order valence-electron chi connectivity index (χ4n) is 5.76. The van der Waals surface area contributed by atoms with E-state index in [0.29, 0.717) is 32.2 Å². The number of ether oxygens (including phenoxy) is 1. The van der Waals surface area contributed by atoms with Crippen molar-refractivity contribution in [2.45, 2.75) is 199 Å². The lowest BCUT2D eigenvalue weighted by molar-refractivity contribution is -0.150. The Balaban J connectivity index is 4.34. The maximum atomic E-state index is 12.7. The highest BCUT2D eigenvalue weighted by atomic mass is 16.5. The molecule has 7 nitrogen and oxygen atoms in total. The summed E-state index contributed by atoms with van der Waals surface area (Å²) in [5.41, 5.74) is 5.47. The number of aliphatic carboxylic acids is 1. The molecule has 2 unspecified atom stereocenters. The van der Waals surface area contributed by atoms with Crippen LogP contribution in [0.4, 0.5) is 0 Å². The molecule has 0 aliphatic heterocycles. The van der Waals surface area contributed by atoms with Crippen LogP contribution in [0.3, 0.4) is 0 Å². The van der Waals surface area contributed by atoms with Gasteiger partial charge in [0, 0.05) is 12.8 Å². The molecule has 0 aromatic rings. The Kier molecular flexibility index (Phi) is 34.1. The number of rotatable bonds is 35. The zero-order valence-corrected chi connectivity index (χ0v) is 31.1. The second-order valence-electron chi connectivity index (χ2n) is 13.3. The van der Waals surface area contributed by atoms with Crippen LogP contribution in [0, 0.1) is 0 Å². The first kappa shape index (κ1) is 45.6. The first-order chi connectivity index (χ1) is 23.4. The van der Waals surface area contributed by atoms with Crippen molar-refractivity contribution >= 4 is 17.8 Å². The summed E-state index contributed by atoms with van der Waals surface area (Å²) in [6.45, 7) is 4.81. The number of hydrogen-bond acceptors (Lipinski definition) is 5. The minimum Gasteiger partial charge on any atom is -0.480 e. The third-order valence-electron chi connectivity index (χ3n) is 8.72. The summed E-state index contributed by atoms with van der Waals surface area (Å²) in [6.07, 6.45) is 40.4. The normalized spacial score (nSPS) is 13.1. The van der Waals surface area contributed by atoms with Gasteiger partial charge in [-0.25, -0.2) is 4.79 Å². The third kappa shape index (κ3) is 32.2. The smallest absolute Gasteiger partial charge is 0.326 e. The Morgan fingerprint density at radius 2 is 1.15 bits per heavy atom. The Labute approximate surface area is 295 Å². The van der Waals surface area contributed by atoms with E-state index in [4.69, 9.17) is 10.5 Å². The van der Waals surface area contributed by atoms with Gasteiger partial charge in [-0.05, 0) is 90.0 Å². The van der Waals surface area contributed by atoms with Crippen molar-refractivity contribution in [2.24, 2.45) is 5.73 Å². The molecule has 0 aromatic carbocycles. The van der Waals surface area contributed by atoms with Gasteiger partial charge >= 0.3 is 11.9 Å². The van der Waals surface area contributed by atoms with E-state index in [-0.39, 0.29) is 18.0 Å². The van der Waals surface area contributed by atoms with Gasteiger partial charge in [-0.1, -0.05) is 127 Å². The van der Waals surface area contributed by atoms with E-state index in [1.165, 1.54) is 51.4 Å². The number of amides is 1. The average Bonchev–Trinajstić information content (AvgIpc) is 3.07. The van der Waals surface area contributed by atoms with Gasteiger partial charge in [0.05, 0.1) is 0 Å². The monoisotopic (exact) mass is 675 g/mol. The van der Waals surface area contributed by atoms with E-state index in [2.05, 4.69) is 55.6 Å². The first-order valence-corrected chi connectivity index (χ1v) is 19.8. The lowest BCUT2D eigenvalue weighted by Crippen LogP contribution is -2.40. The molecule has 0 saturated heterocycles. The molecular formula is C41H74N2O5. The number of carbonyl (C=O) groups is 3. The standard InChI is InChI=1S/C41H74N2O5/c1-3-5-7-9-11-13-14-15-16-18-20-25-29-35-40(45)48-37(31-26-22-19-17-12-10-8-6-4-2)32-27-23-21-24-28-34-39(44)43-38(41(46)47)33-30-36-42/h5,7,11,13,15-16,37-38H,3-4,6,8-10,12,14,17-36,42H2,1-2H3,(H,43,44)(H,46,47)/b7-5-,13-11-,16-15-. The molecular weight excluding hydrogens is 600 g/mol. The summed E-state index contributed by atoms with van der Waals surface area (Å²) >= 11 is 0. The maximum Gasteiger partial charge on any atom is 0.326 e. The molecule has 278 valence electrons. The highest BCUT2D eigenvalue weighted by Crippen LogP contribution is 2.19. The Bertz CT molecular complexity index is 854. The number of carboxylic acid groups (broad SMARTS) is 1. The summed E-state index contributed by atoms with van der Waals surface area (Å²) < 4.78 is 6.00. The molecule has 0 spiro atoms. The number of unbranched alkanes of at least 4 members (excludes halogenated alkanes) is 15. The summed E-state index contributed by atoms with van der Waals surface area (Å²) in [5, 5.41) is 11.9.